The zero-order valence-electron chi connectivity index (χ0n) is 15.0. The monoisotopic (exact) mass is 355 g/mol. The fraction of sp³-hybridized carbons (Fsp3) is 0.350. The highest BCUT2D eigenvalue weighted by Crippen LogP contribution is 2.19. The number of carbonyl (C=O) groups excluding carboxylic acids is 1. The maximum atomic E-state index is 12.2. The minimum absolute atomic E-state index is 0.0332. The van der Waals surface area contributed by atoms with E-state index < -0.39 is 0 Å². The summed E-state index contributed by atoms with van der Waals surface area (Å²) < 4.78 is 5.21. The first-order valence-electron chi connectivity index (χ1n) is 8.85. The van der Waals surface area contributed by atoms with E-state index in [0.717, 1.165) is 43.2 Å². The molecule has 138 valence electrons. The minimum Gasteiger partial charge on any atom is -0.508 e. The summed E-state index contributed by atoms with van der Waals surface area (Å²) in [7, 11) is 1.64. The van der Waals surface area contributed by atoms with Crippen LogP contribution in [0, 0.1) is 0 Å². The van der Waals surface area contributed by atoms with Gasteiger partial charge >= 0.3 is 0 Å². The molecule has 2 N–H and O–H groups in total. The van der Waals surface area contributed by atoms with Crippen molar-refractivity contribution in [1.82, 2.24) is 10.4 Å². The van der Waals surface area contributed by atoms with Crippen molar-refractivity contribution < 1.29 is 14.6 Å². The Labute approximate surface area is 154 Å². The summed E-state index contributed by atoms with van der Waals surface area (Å²) in [6, 6.07) is 15.0. The average Bonchev–Trinajstić information content (AvgIpc) is 2.68. The topological polar surface area (TPSA) is 65.0 Å². The summed E-state index contributed by atoms with van der Waals surface area (Å²) in [6.45, 7) is 3.21. The van der Waals surface area contributed by atoms with Gasteiger partial charge in [-0.1, -0.05) is 12.1 Å². The Balaban J connectivity index is 1.42. The van der Waals surface area contributed by atoms with E-state index in [4.69, 9.17) is 4.74 Å². The number of amides is 1. The SMILES string of the molecule is COc1cccc(CCC(=O)NN2CCN(c3ccc(O)cc3)CC2)c1. The minimum atomic E-state index is 0.0332. The molecule has 0 saturated carbocycles. The largest absolute Gasteiger partial charge is 0.508 e. The van der Waals surface area contributed by atoms with Gasteiger partial charge < -0.3 is 14.7 Å². The predicted molar refractivity (Wildman–Crippen MR) is 101 cm³/mol. The third-order valence-electron chi connectivity index (χ3n) is 4.55. The van der Waals surface area contributed by atoms with E-state index in [9.17, 15) is 9.90 Å². The van der Waals surface area contributed by atoms with Crippen molar-refractivity contribution in [1.29, 1.82) is 0 Å². The lowest BCUT2D eigenvalue weighted by atomic mass is 10.1. The van der Waals surface area contributed by atoms with E-state index in [1.807, 2.05) is 41.4 Å². The Bertz CT molecular complexity index is 725. The molecule has 2 aromatic carbocycles. The number of phenolic OH excluding ortho intramolecular Hbond substituents is 1. The number of nitrogens with one attached hydrogen (secondary N) is 1. The second kappa shape index (κ2) is 8.58. The Morgan fingerprint density at radius 2 is 1.85 bits per heavy atom. The molecule has 3 rings (SSSR count). The average molecular weight is 355 g/mol. The number of phenols is 1. The van der Waals surface area contributed by atoms with Crippen molar-refractivity contribution in [2.75, 3.05) is 38.2 Å². The van der Waals surface area contributed by atoms with Crippen LogP contribution in [0.2, 0.25) is 0 Å². The number of hydrogen-bond donors (Lipinski definition) is 2. The van der Waals surface area contributed by atoms with Gasteiger partial charge in [0.05, 0.1) is 7.11 Å². The summed E-state index contributed by atoms with van der Waals surface area (Å²) in [5.41, 5.74) is 5.18. The molecule has 26 heavy (non-hydrogen) atoms. The molecule has 0 radical (unpaired) electrons. The Hall–Kier alpha value is -2.73. The lowest BCUT2D eigenvalue weighted by molar-refractivity contribution is -0.126. The third kappa shape index (κ3) is 4.89. The fourth-order valence-electron chi connectivity index (χ4n) is 3.06. The molecule has 1 aliphatic rings. The molecule has 0 aliphatic carbocycles. The number of hydrogen-bond acceptors (Lipinski definition) is 5. The summed E-state index contributed by atoms with van der Waals surface area (Å²) in [6.07, 6.45) is 1.14. The molecular formula is C20H25N3O3. The highest BCUT2D eigenvalue weighted by molar-refractivity contribution is 5.75. The quantitative estimate of drug-likeness (QED) is 0.832. The van der Waals surface area contributed by atoms with Gasteiger partial charge in [-0.05, 0) is 48.4 Å². The molecule has 0 atom stereocenters. The molecule has 1 amide bonds. The van der Waals surface area contributed by atoms with Crippen molar-refractivity contribution in [2.45, 2.75) is 12.8 Å². The summed E-state index contributed by atoms with van der Waals surface area (Å²) in [4.78, 5) is 14.5. The van der Waals surface area contributed by atoms with Crippen molar-refractivity contribution in [3.8, 4) is 11.5 Å². The van der Waals surface area contributed by atoms with Crippen molar-refractivity contribution >= 4 is 11.6 Å². The molecule has 1 saturated heterocycles. The number of benzene rings is 2. The van der Waals surface area contributed by atoms with Gasteiger partial charge in [-0.2, -0.15) is 0 Å². The number of ether oxygens (including phenoxy) is 1. The number of hydrazine groups is 1. The normalized spacial score (nSPS) is 14.9. The molecular weight excluding hydrogens is 330 g/mol. The van der Waals surface area contributed by atoms with Crippen molar-refractivity contribution in [3.05, 3.63) is 54.1 Å². The molecule has 0 aromatic heterocycles. The molecule has 6 heteroatoms. The van der Waals surface area contributed by atoms with E-state index in [-0.39, 0.29) is 11.7 Å². The number of piperazine rings is 1. The van der Waals surface area contributed by atoms with E-state index in [1.165, 1.54) is 0 Å². The standard InChI is InChI=1S/C20H25N3O3/c1-26-19-4-2-3-16(15-19)5-10-20(25)21-23-13-11-22(12-14-23)17-6-8-18(24)9-7-17/h2-4,6-9,15,24H,5,10-14H2,1H3,(H,21,25). The maximum absolute atomic E-state index is 12.2. The lowest BCUT2D eigenvalue weighted by Gasteiger charge is -2.36. The first-order chi connectivity index (χ1) is 12.6. The van der Waals surface area contributed by atoms with Gasteiger partial charge in [0.2, 0.25) is 5.91 Å². The van der Waals surface area contributed by atoms with Gasteiger partial charge in [0.25, 0.3) is 0 Å². The number of rotatable bonds is 6. The first kappa shape index (κ1) is 18.1. The second-order valence-electron chi connectivity index (χ2n) is 6.38. The van der Waals surface area contributed by atoms with Crippen LogP contribution in [0.4, 0.5) is 5.69 Å². The van der Waals surface area contributed by atoms with Crippen LogP contribution in [-0.4, -0.2) is 49.3 Å². The molecule has 1 heterocycles. The summed E-state index contributed by atoms with van der Waals surface area (Å²) >= 11 is 0. The summed E-state index contributed by atoms with van der Waals surface area (Å²) in [5.74, 6) is 1.12. The Morgan fingerprint density at radius 3 is 2.54 bits per heavy atom. The van der Waals surface area contributed by atoms with Crippen LogP contribution in [0.3, 0.4) is 0 Å². The zero-order chi connectivity index (χ0) is 18.4. The van der Waals surface area contributed by atoms with Crippen LogP contribution in [-0.2, 0) is 11.2 Å². The lowest BCUT2D eigenvalue weighted by Crippen LogP contribution is -2.53. The van der Waals surface area contributed by atoms with Crippen LogP contribution < -0.4 is 15.1 Å². The number of carbonyl (C=O) groups is 1. The van der Waals surface area contributed by atoms with Gasteiger partial charge in [-0.25, -0.2) is 5.01 Å². The van der Waals surface area contributed by atoms with Crippen LogP contribution in [0.15, 0.2) is 48.5 Å². The molecule has 6 nitrogen and oxygen atoms in total. The highest BCUT2D eigenvalue weighted by atomic mass is 16.5. The smallest absolute Gasteiger partial charge is 0.234 e. The molecule has 2 aromatic rings. The van der Waals surface area contributed by atoms with Gasteiger partial charge in [0.15, 0.2) is 0 Å². The van der Waals surface area contributed by atoms with E-state index in [2.05, 4.69) is 10.3 Å². The first-order valence-corrected chi connectivity index (χ1v) is 8.85. The fourth-order valence-corrected chi connectivity index (χ4v) is 3.06. The molecule has 0 unspecified atom stereocenters. The highest BCUT2D eigenvalue weighted by Gasteiger charge is 2.18. The number of aryl methyl sites for hydroxylation is 1. The Morgan fingerprint density at radius 1 is 1.12 bits per heavy atom. The third-order valence-corrected chi connectivity index (χ3v) is 4.55. The van der Waals surface area contributed by atoms with E-state index >= 15 is 0 Å². The van der Waals surface area contributed by atoms with Crippen LogP contribution in [0.5, 0.6) is 11.5 Å². The number of anilines is 1. The van der Waals surface area contributed by atoms with E-state index in [0.29, 0.717) is 12.8 Å². The number of nitrogens with zero attached hydrogens (tertiary/aromatic N) is 2. The number of aromatic hydroxyl groups is 1. The van der Waals surface area contributed by atoms with Crippen LogP contribution in [0.25, 0.3) is 0 Å². The molecule has 0 bridgehead atoms. The molecule has 1 fully saturated rings. The summed E-state index contributed by atoms with van der Waals surface area (Å²) in [5, 5.41) is 11.4. The second-order valence-corrected chi connectivity index (χ2v) is 6.38. The van der Waals surface area contributed by atoms with Crippen molar-refractivity contribution in [2.24, 2.45) is 0 Å². The number of methoxy groups -OCH3 is 1. The van der Waals surface area contributed by atoms with Gasteiger partial charge in [-0.3, -0.25) is 10.2 Å². The molecule has 0 spiro atoms. The van der Waals surface area contributed by atoms with Crippen molar-refractivity contribution in [3.63, 3.8) is 0 Å². The van der Waals surface area contributed by atoms with Gasteiger partial charge in [-0.15, -0.1) is 0 Å². The van der Waals surface area contributed by atoms with Crippen LogP contribution in [0.1, 0.15) is 12.0 Å². The zero-order valence-corrected chi connectivity index (χ0v) is 15.0. The predicted octanol–water partition coefficient (Wildman–Crippen LogP) is 2.19. The Kier molecular flexibility index (Phi) is 5.96. The van der Waals surface area contributed by atoms with Gasteiger partial charge in [0, 0.05) is 38.3 Å². The maximum Gasteiger partial charge on any atom is 0.234 e. The van der Waals surface area contributed by atoms with Crippen LogP contribution >= 0.6 is 0 Å². The van der Waals surface area contributed by atoms with E-state index in [1.54, 1.807) is 19.2 Å². The molecule has 1 aliphatic heterocycles. The van der Waals surface area contributed by atoms with Gasteiger partial charge in [0.1, 0.15) is 11.5 Å².